The number of hydrogen-bond donors (Lipinski definition) is 1. The molecule has 0 aromatic heterocycles. The van der Waals surface area contributed by atoms with Crippen molar-refractivity contribution in [3.63, 3.8) is 0 Å². The number of amides is 2. The normalized spacial score (nSPS) is 11.8. The molecule has 2 aromatic rings. The van der Waals surface area contributed by atoms with Gasteiger partial charge in [0.2, 0.25) is 11.8 Å². The molecule has 8 heteroatoms. The van der Waals surface area contributed by atoms with Gasteiger partial charge in [-0.15, -0.1) is 0 Å². The lowest BCUT2D eigenvalue weighted by atomic mass is 10.1. The van der Waals surface area contributed by atoms with Crippen molar-refractivity contribution in [2.45, 2.75) is 32.9 Å². The predicted molar refractivity (Wildman–Crippen MR) is 115 cm³/mol. The molecule has 150 valence electrons. The molecule has 0 saturated heterocycles. The average Bonchev–Trinajstić information content (AvgIpc) is 2.65. The molecule has 1 atom stereocenters. The Bertz CT molecular complexity index is 853. The molecule has 2 rings (SSSR count). The van der Waals surface area contributed by atoms with Crippen molar-refractivity contribution in [3.8, 4) is 0 Å². The van der Waals surface area contributed by atoms with Crippen molar-refractivity contribution in [3.05, 3.63) is 67.6 Å². The van der Waals surface area contributed by atoms with Crippen LogP contribution in [0.15, 0.2) is 36.4 Å². The summed E-state index contributed by atoms with van der Waals surface area (Å²) in [6.45, 7) is 4.15. The van der Waals surface area contributed by atoms with Crippen molar-refractivity contribution in [1.29, 1.82) is 0 Å². The molecular weight excluding hydrogens is 442 g/mol. The Morgan fingerprint density at radius 1 is 1.00 bits per heavy atom. The molecule has 0 radical (unpaired) electrons. The molecule has 0 spiro atoms. The van der Waals surface area contributed by atoms with E-state index in [-0.39, 0.29) is 24.8 Å². The van der Waals surface area contributed by atoms with Gasteiger partial charge in [0.25, 0.3) is 0 Å². The number of nitrogens with one attached hydrogen (secondary N) is 1. The summed E-state index contributed by atoms with van der Waals surface area (Å²) in [4.78, 5) is 27.0. The van der Waals surface area contributed by atoms with E-state index < -0.39 is 6.04 Å². The fraction of sp³-hybridized carbons (Fsp3) is 0.300. The van der Waals surface area contributed by atoms with Gasteiger partial charge in [0.1, 0.15) is 6.04 Å². The SMILES string of the molecule is CCNC(=O)[C@@H](C)N(Cc1ccc(Cl)c(Cl)c1)C(=O)Cc1c(Cl)cccc1Cl. The third-order valence-corrected chi connectivity index (χ3v) is 5.69. The lowest BCUT2D eigenvalue weighted by Crippen LogP contribution is -2.48. The number of hydrogen-bond acceptors (Lipinski definition) is 2. The molecular formula is C20H20Cl4N2O2. The van der Waals surface area contributed by atoms with E-state index in [9.17, 15) is 9.59 Å². The third kappa shape index (κ3) is 5.77. The Hall–Kier alpha value is -1.46. The quantitative estimate of drug-likeness (QED) is 0.600. The highest BCUT2D eigenvalue weighted by molar-refractivity contribution is 6.42. The van der Waals surface area contributed by atoms with Gasteiger partial charge in [-0.2, -0.15) is 0 Å². The van der Waals surface area contributed by atoms with E-state index in [1.165, 1.54) is 4.90 Å². The highest BCUT2D eigenvalue weighted by Crippen LogP contribution is 2.27. The maximum absolute atomic E-state index is 13.1. The third-order valence-electron chi connectivity index (χ3n) is 4.24. The number of rotatable bonds is 7. The number of halogens is 4. The van der Waals surface area contributed by atoms with E-state index in [4.69, 9.17) is 46.4 Å². The maximum Gasteiger partial charge on any atom is 0.242 e. The molecule has 0 aliphatic carbocycles. The minimum atomic E-state index is -0.692. The second-order valence-corrected chi connectivity index (χ2v) is 7.85. The van der Waals surface area contributed by atoms with E-state index in [0.717, 1.165) is 5.56 Å². The van der Waals surface area contributed by atoms with Crippen LogP contribution >= 0.6 is 46.4 Å². The molecule has 4 nitrogen and oxygen atoms in total. The fourth-order valence-corrected chi connectivity index (χ4v) is 3.55. The molecule has 0 bridgehead atoms. The van der Waals surface area contributed by atoms with E-state index >= 15 is 0 Å². The zero-order valence-electron chi connectivity index (χ0n) is 15.4. The Kier molecular flexibility index (Phi) is 8.44. The lowest BCUT2D eigenvalue weighted by molar-refractivity contribution is -0.140. The Labute approximate surface area is 184 Å². The lowest BCUT2D eigenvalue weighted by Gasteiger charge is -2.29. The van der Waals surface area contributed by atoms with Crippen LogP contribution in [0.1, 0.15) is 25.0 Å². The Morgan fingerprint density at radius 2 is 1.64 bits per heavy atom. The zero-order valence-corrected chi connectivity index (χ0v) is 18.5. The summed E-state index contributed by atoms with van der Waals surface area (Å²) in [5.41, 5.74) is 1.28. The van der Waals surface area contributed by atoms with Gasteiger partial charge in [0.15, 0.2) is 0 Å². The van der Waals surface area contributed by atoms with Crippen LogP contribution in [0, 0.1) is 0 Å². The van der Waals surface area contributed by atoms with Gasteiger partial charge in [0, 0.05) is 23.1 Å². The first-order valence-corrected chi connectivity index (χ1v) is 10.2. The van der Waals surface area contributed by atoms with Crippen LogP contribution in [-0.2, 0) is 22.6 Å². The largest absolute Gasteiger partial charge is 0.355 e. The van der Waals surface area contributed by atoms with Crippen LogP contribution in [0.25, 0.3) is 0 Å². The summed E-state index contributed by atoms with van der Waals surface area (Å²) < 4.78 is 0. The van der Waals surface area contributed by atoms with Crippen LogP contribution in [0.5, 0.6) is 0 Å². The zero-order chi connectivity index (χ0) is 20.8. The van der Waals surface area contributed by atoms with Crippen molar-refractivity contribution >= 4 is 58.2 Å². The van der Waals surface area contributed by atoms with Gasteiger partial charge in [-0.05, 0) is 49.2 Å². The highest BCUT2D eigenvalue weighted by atomic mass is 35.5. The molecule has 0 saturated carbocycles. The topological polar surface area (TPSA) is 49.4 Å². The van der Waals surface area contributed by atoms with Gasteiger partial charge in [-0.1, -0.05) is 58.5 Å². The van der Waals surface area contributed by atoms with Gasteiger partial charge in [-0.25, -0.2) is 0 Å². The number of likely N-dealkylation sites (N-methyl/N-ethyl adjacent to an activating group) is 1. The summed E-state index contributed by atoms with van der Waals surface area (Å²) in [5, 5.41) is 4.35. The molecule has 1 N–H and O–H groups in total. The van der Waals surface area contributed by atoms with Crippen LogP contribution in [0.4, 0.5) is 0 Å². The van der Waals surface area contributed by atoms with Crippen molar-refractivity contribution in [2.75, 3.05) is 6.54 Å². The fourth-order valence-electron chi connectivity index (χ4n) is 2.69. The Balaban J connectivity index is 2.32. The number of benzene rings is 2. The second kappa shape index (κ2) is 10.4. The maximum atomic E-state index is 13.1. The standard InChI is InChI=1S/C20H20Cl4N2O2/c1-3-25-20(28)12(2)26(11-13-7-8-17(23)18(24)9-13)19(27)10-14-15(21)5-4-6-16(14)22/h4-9,12H,3,10-11H2,1-2H3,(H,25,28)/t12-/m1/s1. The van der Waals surface area contributed by atoms with E-state index in [2.05, 4.69) is 5.32 Å². The number of carbonyl (C=O) groups is 2. The first-order chi connectivity index (χ1) is 13.2. The van der Waals surface area contributed by atoms with Gasteiger partial charge < -0.3 is 10.2 Å². The van der Waals surface area contributed by atoms with Crippen molar-refractivity contribution < 1.29 is 9.59 Å². The minimum absolute atomic E-state index is 0.0242. The Morgan fingerprint density at radius 3 is 2.21 bits per heavy atom. The van der Waals surface area contributed by atoms with Gasteiger partial charge in [-0.3, -0.25) is 9.59 Å². The molecule has 2 aromatic carbocycles. The molecule has 0 heterocycles. The summed E-state index contributed by atoms with van der Waals surface area (Å²) in [7, 11) is 0. The minimum Gasteiger partial charge on any atom is -0.355 e. The van der Waals surface area contributed by atoms with Crippen molar-refractivity contribution in [1.82, 2.24) is 10.2 Å². The molecule has 0 fully saturated rings. The summed E-state index contributed by atoms with van der Waals surface area (Å²) >= 11 is 24.5. The monoisotopic (exact) mass is 460 g/mol. The first-order valence-electron chi connectivity index (χ1n) is 8.68. The van der Waals surface area contributed by atoms with Crippen LogP contribution in [0.2, 0.25) is 20.1 Å². The van der Waals surface area contributed by atoms with Crippen LogP contribution < -0.4 is 5.32 Å². The number of carbonyl (C=O) groups excluding carboxylic acids is 2. The average molecular weight is 462 g/mol. The predicted octanol–water partition coefficient (Wildman–Crippen LogP) is 5.40. The van der Waals surface area contributed by atoms with Gasteiger partial charge >= 0.3 is 0 Å². The van der Waals surface area contributed by atoms with E-state index in [1.54, 1.807) is 43.3 Å². The highest BCUT2D eigenvalue weighted by Gasteiger charge is 2.27. The second-order valence-electron chi connectivity index (χ2n) is 6.22. The van der Waals surface area contributed by atoms with Gasteiger partial charge in [0.05, 0.1) is 16.5 Å². The van der Waals surface area contributed by atoms with Crippen LogP contribution in [-0.4, -0.2) is 29.3 Å². The molecule has 0 aliphatic rings. The molecule has 0 aliphatic heterocycles. The molecule has 28 heavy (non-hydrogen) atoms. The smallest absolute Gasteiger partial charge is 0.242 e. The summed E-state index contributed by atoms with van der Waals surface area (Å²) in [6, 6.07) is 9.47. The van der Waals surface area contributed by atoms with E-state index in [1.807, 2.05) is 6.92 Å². The van der Waals surface area contributed by atoms with Crippen LogP contribution in [0.3, 0.4) is 0 Å². The summed E-state index contributed by atoms with van der Waals surface area (Å²) in [6.07, 6.45) is -0.0242. The molecule has 0 unspecified atom stereocenters. The summed E-state index contributed by atoms with van der Waals surface area (Å²) in [5.74, 6) is -0.527. The molecule has 2 amide bonds. The van der Waals surface area contributed by atoms with Crippen molar-refractivity contribution in [2.24, 2.45) is 0 Å². The first kappa shape index (κ1) is 22.8. The van der Waals surface area contributed by atoms with E-state index in [0.29, 0.717) is 32.2 Å². The number of nitrogens with zero attached hydrogens (tertiary/aromatic N) is 1.